The molecule has 9 rings (SSSR count). The molecule has 0 bridgehead atoms. The van der Waals surface area contributed by atoms with Gasteiger partial charge in [0.15, 0.2) is 11.6 Å². The van der Waals surface area contributed by atoms with Crippen LogP contribution in [0.25, 0.3) is 44.6 Å². The highest BCUT2D eigenvalue weighted by molar-refractivity contribution is 5.93. The first-order valence-corrected chi connectivity index (χ1v) is 19.5. The number of hydrogen-bond acceptors (Lipinski definition) is 11. The van der Waals surface area contributed by atoms with Gasteiger partial charge in [-0.1, -0.05) is 66.7 Å². The molecule has 0 unspecified atom stereocenters. The maximum Gasteiger partial charge on any atom is 0.407 e. The molecule has 294 valence electrons. The Morgan fingerprint density at radius 2 is 1.21 bits per heavy atom. The first kappa shape index (κ1) is 38.1. The molecule has 5 aromatic carbocycles. The molecule has 12 nitrogen and oxygen atoms in total. The number of nitrogens with zero attached hydrogens (tertiary/aromatic N) is 6. The molecule has 1 amide bonds. The number of phenols is 2. The average Bonchev–Trinajstić information content (AvgIpc) is 3.89. The lowest BCUT2D eigenvalue weighted by Gasteiger charge is -2.21. The number of carbonyl (C=O) groups is 1. The molecule has 7 aromatic rings. The summed E-state index contributed by atoms with van der Waals surface area (Å²) in [5, 5.41) is 25.5. The second kappa shape index (κ2) is 16.7. The monoisotopic (exact) mass is 774 g/mol. The highest BCUT2D eigenvalue weighted by Crippen LogP contribution is 2.35. The van der Waals surface area contributed by atoms with Crippen molar-refractivity contribution in [2.24, 2.45) is 5.73 Å². The van der Waals surface area contributed by atoms with E-state index in [0.717, 1.165) is 82.6 Å². The molecule has 0 saturated carbocycles. The number of nitrogens with one attached hydrogen (secondary N) is 1. The topological polar surface area (TPSA) is 163 Å². The van der Waals surface area contributed by atoms with Crippen LogP contribution in [-0.4, -0.2) is 74.5 Å². The van der Waals surface area contributed by atoms with Gasteiger partial charge in [-0.15, -0.1) is 0 Å². The van der Waals surface area contributed by atoms with Crippen LogP contribution < -0.4 is 20.9 Å². The lowest BCUT2D eigenvalue weighted by atomic mass is 10.1. The van der Waals surface area contributed by atoms with Crippen LogP contribution in [0.5, 0.6) is 11.5 Å². The van der Waals surface area contributed by atoms with Crippen LogP contribution in [0.1, 0.15) is 29.5 Å². The fourth-order valence-corrected chi connectivity index (χ4v) is 7.48. The molecule has 5 N–H and O–H groups in total. The third-order valence-corrected chi connectivity index (χ3v) is 10.5. The van der Waals surface area contributed by atoms with Gasteiger partial charge in [0.25, 0.3) is 0 Å². The molecule has 2 atom stereocenters. The second-order valence-corrected chi connectivity index (χ2v) is 14.9. The van der Waals surface area contributed by atoms with E-state index in [9.17, 15) is 15.0 Å². The molecule has 12 heteroatoms. The van der Waals surface area contributed by atoms with Crippen molar-refractivity contribution in [3.05, 3.63) is 132 Å². The first-order valence-electron chi connectivity index (χ1n) is 19.5. The molecule has 0 radical (unpaired) electrons. The summed E-state index contributed by atoms with van der Waals surface area (Å²) in [6.45, 7) is 7.35. The Hall–Kier alpha value is -6.79. The molecule has 0 aliphatic carbocycles. The van der Waals surface area contributed by atoms with E-state index in [1.165, 1.54) is 0 Å². The summed E-state index contributed by atoms with van der Waals surface area (Å²) < 4.78 is 5.38. The zero-order valence-corrected chi connectivity index (χ0v) is 32.5. The number of alkyl carbamates (subject to hydrolysis) is 1. The van der Waals surface area contributed by atoms with Gasteiger partial charge in [-0.25, -0.2) is 24.7 Å². The molecule has 2 aliphatic rings. The van der Waals surface area contributed by atoms with Gasteiger partial charge in [0.1, 0.15) is 29.7 Å². The minimum atomic E-state index is -0.422. The number of ether oxygens (including phenoxy) is 1. The predicted octanol–water partition coefficient (Wildman–Crippen LogP) is 7.66. The first-order chi connectivity index (χ1) is 28.2. The zero-order chi connectivity index (χ0) is 40.2. The Bertz CT molecular complexity index is 2590. The van der Waals surface area contributed by atoms with Crippen LogP contribution in [0.15, 0.2) is 115 Å². The minimum Gasteiger partial charge on any atom is -0.507 e. The fourth-order valence-electron chi connectivity index (χ4n) is 7.48. The van der Waals surface area contributed by atoms with Crippen molar-refractivity contribution in [2.75, 3.05) is 36.0 Å². The van der Waals surface area contributed by atoms with E-state index in [1.807, 2.05) is 86.6 Å². The van der Waals surface area contributed by atoms with Gasteiger partial charge in [0, 0.05) is 43.0 Å². The number of aromatic hydroxyl groups is 2. The van der Waals surface area contributed by atoms with E-state index in [-0.39, 0.29) is 30.2 Å². The maximum absolute atomic E-state index is 12.3. The Morgan fingerprint density at radius 1 is 0.690 bits per heavy atom. The standard InChI is InChI=1S/C27H26N4O3.C19H20N4O/c1-18-11-12-21-23(15-18)29-25(22-9-5-6-10-24(22)32)30-26(21)31-14-13-20(16-31)28-27(33)34-17-19-7-3-2-4-8-19;1-12-6-7-14-16(10-12)21-18(15-4-2-3-5-17(15)24)22-19(14)23-9-8-13(20)11-23/h2-12,15,20,32H,13-14,16-17H2,1H3,(H,28,33);2-7,10,13,24H,8-9,11,20H2,1H3/t20-;13-/m11/s1. The maximum atomic E-state index is 12.3. The number of amides is 1. The van der Waals surface area contributed by atoms with E-state index < -0.39 is 6.09 Å². The Kier molecular flexibility index (Phi) is 11.0. The van der Waals surface area contributed by atoms with Crippen LogP contribution in [0.4, 0.5) is 16.4 Å². The van der Waals surface area contributed by atoms with Crippen molar-refractivity contribution in [1.29, 1.82) is 0 Å². The van der Waals surface area contributed by atoms with E-state index >= 15 is 0 Å². The normalized spacial score (nSPS) is 16.3. The molecule has 4 heterocycles. The largest absolute Gasteiger partial charge is 0.507 e. The second-order valence-electron chi connectivity index (χ2n) is 14.9. The quantitative estimate of drug-likeness (QED) is 0.126. The molecular formula is C46H46N8O4. The Balaban J connectivity index is 0.000000172. The third kappa shape index (κ3) is 8.47. The third-order valence-electron chi connectivity index (χ3n) is 10.5. The van der Waals surface area contributed by atoms with Crippen molar-refractivity contribution < 1.29 is 19.7 Å². The summed E-state index contributed by atoms with van der Waals surface area (Å²) in [6.07, 6.45) is 1.32. The number of aryl methyl sites for hydroxylation is 2. The summed E-state index contributed by atoms with van der Waals surface area (Å²) in [7, 11) is 0. The van der Waals surface area contributed by atoms with E-state index in [4.69, 9.17) is 25.4 Å². The highest BCUT2D eigenvalue weighted by atomic mass is 16.5. The van der Waals surface area contributed by atoms with E-state index in [0.29, 0.717) is 29.3 Å². The summed E-state index contributed by atoms with van der Waals surface area (Å²) in [5.74, 6) is 3.04. The lowest BCUT2D eigenvalue weighted by Crippen LogP contribution is -2.37. The molecule has 58 heavy (non-hydrogen) atoms. The molecule has 2 fully saturated rings. The summed E-state index contributed by atoms with van der Waals surface area (Å²) in [6, 6.07) is 36.3. The molecule has 2 aliphatic heterocycles. The van der Waals surface area contributed by atoms with Gasteiger partial charge in [-0.3, -0.25) is 0 Å². The van der Waals surface area contributed by atoms with Crippen LogP contribution in [0.2, 0.25) is 0 Å². The number of aromatic nitrogens is 4. The van der Waals surface area contributed by atoms with Gasteiger partial charge >= 0.3 is 6.09 Å². The van der Waals surface area contributed by atoms with Gasteiger partial charge in [0.2, 0.25) is 0 Å². The molecule has 2 aromatic heterocycles. The van der Waals surface area contributed by atoms with Gasteiger partial charge in [0.05, 0.1) is 28.2 Å². The number of rotatable bonds is 7. The number of benzene rings is 5. The highest BCUT2D eigenvalue weighted by Gasteiger charge is 2.28. The smallest absolute Gasteiger partial charge is 0.407 e. The van der Waals surface area contributed by atoms with Crippen molar-refractivity contribution >= 4 is 39.5 Å². The van der Waals surface area contributed by atoms with Crippen LogP contribution in [-0.2, 0) is 11.3 Å². The average molecular weight is 775 g/mol. The number of fused-ring (bicyclic) bond motifs is 2. The van der Waals surface area contributed by atoms with E-state index in [2.05, 4.69) is 38.3 Å². The number of nitrogens with two attached hydrogens (primary N) is 1. The van der Waals surface area contributed by atoms with Gasteiger partial charge in [-0.05, 0) is 91.9 Å². The summed E-state index contributed by atoms with van der Waals surface area (Å²) >= 11 is 0. The number of para-hydroxylation sites is 2. The fraction of sp³-hybridized carbons (Fsp3) is 0.239. The number of phenolic OH excluding ortho intramolecular Hbond substituents is 2. The number of anilines is 2. The van der Waals surface area contributed by atoms with Gasteiger partial charge in [-0.2, -0.15) is 0 Å². The van der Waals surface area contributed by atoms with Crippen molar-refractivity contribution in [3.8, 4) is 34.3 Å². The SMILES string of the molecule is Cc1ccc2c(N3CC[C@@H](N)C3)nc(-c3ccccc3O)nc2c1.Cc1ccc2c(N3CC[C@@H](NC(=O)OCc4ccccc4)C3)nc(-c3ccccc3O)nc2c1. The summed E-state index contributed by atoms with van der Waals surface area (Å²) in [5.41, 5.74) is 12.2. The lowest BCUT2D eigenvalue weighted by molar-refractivity contribution is 0.136. The molecule has 2 saturated heterocycles. The Morgan fingerprint density at radius 3 is 1.74 bits per heavy atom. The van der Waals surface area contributed by atoms with Crippen LogP contribution in [0, 0.1) is 13.8 Å². The zero-order valence-electron chi connectivity index (χ0n) is 32.5. The van der Waals surface area contributed by atoms with Gasteiger partial charge < -0.3 is 35.8 Å². The number of hydrogen-bond donors (Lipinski definition) is 4. The molecule has 0 spiro atoms. The summed E-state index contributed by atoms with van der Waals surface area (Å²) in [4.78, 5) is 35.8. The van der Waals surface area contributed by atoms with Crippen LogP contribution in [0.3, 0.4) is 0 Å². The van der Waals surface area contributed by atoms with Crippen LogP contribution >= 0.6 is 0 Å². The van der Waals surface area contributed by atoms with E-state index in [1.54, 1.807) is 24.3 Å². The Labute approximate surface area is 337 Å². The van der Waals surface area contributed by atoms with Crippen molar-refractivity contribution in [3.63, 3.8) is 0 Å². The van der Waals surface area contributed by atoms with Crippen molar-refractivity contribution in [2.45, 2.75) is 45.4 Å². The molecular weight excluding hydrogens is 729 g/mol. The predicted molar refractivity (Wildman–Crippen MR) is 228 cm³/mol. The minimum absolute atomic E-state index is 0.0488. The van der Waals surface area contributed by atoms with Crippen molar-refractivity contribution in [1.82, 2.24) is 25.3 Å². The number of carbonyl (C=O) groups excluding carboxylic acids is 1.